The van der Waals surface area contributed by atoms with E-state index in [1.54, 1.807) is 11.3 Å². The van der Waals surface area contributed by atoms with Gasteiger partial charge in [-0.1, -0.05) is 364 Å². The minimum Gasteiger partial charge on any atom is -0.454 e. The van der Waals surface area contributed by atoms with Crippen molar-refractivity contribution < 1.29 is 4.42 Å². The fourth-order valence-corrected chi connectivity index (χ4v) is 26.2. The molecule has 686 valence electrons. The zero-order valence-electron chi connectivity index (χ0n) is 78.6. The van der Waals surface area contributed by atoms with Crippen LogP contribution in [0.4, 0.5) is 0 Å². The van der Waals surface area contributed by atoms with Crippen molar-refractivity contribution in [2.75, 3.05) is 0 Å². The highest BCUT2D eigenvalue weighted by atomic mass is 32.1. The van der Waals surface area contributed by atoms with Crippen LogP contribution in [0.15, 0.2) is 478 Å². The number of rotatable bonds is 8. The fraction of sp³-hybridized carbons (Fsp3) is 0. The van der Waals surface area contributed by atoms with Crippen molar-refractivity contribution >= 4 is 258 Å². The molecule has 0 saturated carbocycles. The van der Waals surface area contributed by atoms with Crippen molar-refractivity contribution in [2.24, 2.45) is 0 Å². The van der Waals surface area contributed by atoms with Crippen LogP contribution in [-0.2, 0) is 0 Å². The molecule has 12 aromatic heterocycles. The van der Waals surface area contributed by atoms with Crippen LogP contribution in [0.2, 0.25) is 0 Å². The lowest BCUT2D eigenvalue weighted by Gasteiger charge is -2.12. The molecule has 12 heterocycles. The van der Waals surface area contributed by atoms with Crippen molar-refractivity contribution in [2.45, 2.75) is 0 Å². The van der Waals surface area contributed by atoms with E-state index < -0.39 is 0 Å². The molecule has 12 nitrogen and oxygen atoms in total. The molecule has 0 unspecified atom stereocenters. The van der Waals surface area contributed by atoms with Gasteiger partial charge >= 0.3 is 0 Å². The Balaban J connectivity index is 0.0000000999. The molecular formula is C132H79N11OS3. The maximum atomic E-state index is 6.60. The second-order valence-corrected chi connectivity index (χ2v) is 40.5. The van der Waals surface area contributed by atoms with Crippen LogP contribution in [0, 0.1) is 0 Å². The van der Waals surface area contributed by atoms with Crippen LogP contribution >= 0.6 is 34.0 Å². The van der Waals surface area contributed by atoms with Crippen molar-refractivity contribution in [1.29, 1.82) is 0 Å². The zero-order valence-corrected chi connectivity index (χ0v) is 81.1. The van der Waals surface area contributed by atoms with Crippen LogP contribution in [0.5, 0.6) is 0 Å². The Morgan fingerprint density at radius 3 is 1.03 bits per heavy atom. The molecular weight excluding hydrogens is 1850 g/mol. The number of para-hydroxylation sites is 7. The summed E-state index contributed by atoms with van der Waals surface area (Å²) in [7, 11) is 0. The maximum Gasteiger partial charge on any atom is 0.235 e. The van der Waals surface area contributed by atoms with Gasteiger partial charge in [-0.25, -0.2) is 29.9 Å². The Morgan fingerprint density at radius 1 is 0.197 bits per heavy atom. The molecule has 0 saturated heterocycles. The molecule has 15 heteroatoms. The number of hydrogen-bond acceptors (Lipinski definition) is 10. The molecule has 0 spiro atoms. The monoisotopic (exact) mass is 1930 g/mol. The molecule has 0 bridgehead atoms. The molecule has 0 radical (unpaired) electrons. The summed E-state index contributed by atoms with van der Waals surface area (Å²) in [6.07, 6.45) is 0. The van der Waals surface area contributed by atoms with Gasteiger partial charge in [-0.2, -0.15) is 0 Å². The average Bonchev–Trinajstić information content (AvgIpc) is 1.55. The number of aromatic nitrogens is 11. The highest BCUT2D eigenvalue weighted by Crippen LogP contribution is 2.50. The predicted octanol–water partition coefficient (Wildman–Crippen LogP) is 36.3. The summed E-state index contributed by atoms with van der Waals surface area (Å²) in [5.41, 5.74) is 25.1. The Bertz CT molecular complexity index is 10800. The Kier molecular flexibility index (Phi) is 19.3. The van der Waals surface area contributed by atoms with Crippen LogP contribution in [0.3, 0.4) is 0 Å². The number of nitrogens with one attached hydrogen (secondary N) is 1. The molecule has 0 fully saturated rings. The van der Waals surface area contributed by atoms with E-state index in [0.29, 0.717) is 17.8 Å². The van der Waals surface area contributed by atoms with Crippen molar-refractivity contribution in [1.82, 2.24) is 53.2 Å². The van der Waals surface area contributed by atoms with Gasteiger partial charge < -0.3 is 14.0 Å². The maximum absolute atomic E-state index is 6.60. The van der Waals surface area contributed by atoms with Gasteiger partial charge in [-0.15, -0.1) is 34.0 Å². The third-order valence-corrected chi connectivity index (χ3v) is 32.8. The third kappa shape index (κ3) is 13.4. The first-order valence-corrected chi connectivity index (χ1v) is 51.8. The lowest BCUT2D eigenvalue weighted by Crippen LogP contribution is -2.04. The lowest BCUT2D eigenvalue weighted by atomic mass is 10.0. The highest BCUT2D eigenvalue weighted by Gasteiger charge is 2.29. The summed E-state index contributed by atoms with van der Waals surface area (Å²) in [6.45, 7) is 0. The van der Waals surface area contributed by atoms with Gasteiger partial charge in [0, 0.05) is 155 Å². The van der Waals surface area contributed by atoms with E-state index in [0.717, 1.165) is 149 Å². The van der Waals surface area contributed by atoms with Gasteiger partial charge in [-0.05, 0) is 120 Å². The number of H-pyrrole nitrogens is 1. The van der Waals surface area contributed by atoms with E-state index in [1.165, 1.54) is 126 Å². The Hall–Kier alpha value is -18.9. The SMILES string of the molecule is c1ccc(-c2nc(-n3c4ccccc4c4cc(-c5ccc6c7ccccc7n(-c7ccccc7)c6c5)ccc43)nc3c2ccc2c4ccccc4sc23)cc1.c1ccc(-c2nc(-n3c4ccccc4c4ccc5c6ccccc6[nH]c5c43)nc3c2ccc2c4ccccc4sc23)cc1.c1ccc(-c2nc(-n3c4ccccc4c4ccc5c6ccccc6oc5c43)nc3c2ccc2c4ccccc4sc23)cc1.c1ccccc1. The molecule has 33 rings (SSSR count). The summed E-state index contributed by atoms with van der Waals surface area (Å²) in [5.74, 6) is 1.98. The summed E-state index contributed by atoms with van der Waals surface area (Å²) < 4.78 is 23.0. The van der Waals surface area contributed by atoms with E-state index in [-0.39, 0.29) is 0 Å². The van der Waals surface area contributed by atoms with Crippen molar-refractivity contribution in [3.63, 3.8) is 0 Å². The van der Waals surface area contributed by atoms with Gasteiger partial charge in [0.15, 0.2) is 5.58 Å². The quantitative estimate of drug-likeness (QED) is 0.161. The van der Waals surface area contributed by atoms with Crippen LogP contribution in [0.1, 0.15) is 0 Å². The van der Waals surface area contributed by atoms with E-state index in [9.17, 15) is 0 Å². The first-order chi connectivity index (χ1) is 72.9. The first-order valence-electron chi connectivity index (χ1n) is 49.4. The molecule has 0 aliphatic carbocycles. The first kappa shape index (κ1) is 83.8. The van der Waals surface area contributed by atoms with E-state index in [2.05, 4.69) is 442 Å². The van der Waals surface area contributed by atoms with Crippen molar-refractivity contribution in [3.05, 3.63) is 473 Å². The van der Waals surface area contributed by atoms with Gasteiger partial charge in [0.25, 0.3) is 0 Å². The fourth-order valence-electron chi connectivity index (χ4n) is 22.6. The Labute approximate surface area is 850 Å². The molecule has 0 atom stereocenters. The van der Waals surface area contributed by atoms with Crippen LogP contribution < -0.4 is 0 Å². The highest BCUT2D eigenvalue weighted by molar-refractivity contribution is 7.27. The summed E-state index contributed by atoms with van der Waals surface area (Å²) in [4.78, 5) is 36.2. The molecule has 1 N–H and O–H groups in total. The molecule has 0 aliphatic heterocycles. The zero-order chi connectivity index (χ0) is 96.4. The van der Waals surface area contributed by atoms with E-state index in [1.807, 2.05) is 77.3 Å². The van der Waals surface area contributed by atoms with Crippen LogP contribution in [0.25, 0.3) is 293 Å². The number of furan rings is 1. The van der Waals surface area contributed by atoms with Gasteiger partial charge in [0.05, 0.1) is 91.9 Å². The molecule has 33 aromatic rings. The van der Waals surface area contributed by atoms with Crippen molar-refractivity contribution in [3.8, 4) is 68.4 Å². The molecule has 0 amide bonds. The van der Waals surface area contributed by atoms with Gasteiger partial charge in [0.1, 0.15) is 11.1 Å². The smallest absolute Gasteiger partial charge is 0.235 e. The minimum absolute atomic E-state index is 0.635. The summed E-state index contributed by atoms with van der Waals surface area (Å²) >= 11 is 5.41. The van der Waals surface area contributed by atoms with E-state index >= 15 is 0 Å². The number of fused-ring (bicyclic) bond motifs is 35. The Morgan fingerprint density at radius 2 is 0.524 bits per heavy atom. The predicted molar refractivity (Wildman–Crippen MR) is 619 cm³/mol. The summed E-state index contributed by atoms with van der Waals surface area (Å²) in [6, 6.07) is 167. The summed E-state index contributed by atoms with van der Waals surface area (Å²) in [5, 5.41) is 24.7. The minimum atomic E-state index is 0.635. The largest absolute Gasteiger partial charge is 0.454 e. The number of thiophene rings is 3. The number of aromatic amines is 1. The van der Waals surface area contributed by atoms with Gasteiger partial charge in [-0.3, -0.25) is 13.7 Å². The standard InChI is InChI=1S/C50H30N4S.C38H22N4S.C38H21N3OS.C6H6/c1-3-13-31(14-4-1)47-40-27-26-39-38-19-9-12-22-46(38)55-49(39)48(40)52-50(51-47)54-43-21-11-8-18-36(43)41-29-32(24-28-44(41)54)33-23-25-37-35-17-7-10-20-42(35)53(45(37)30-33)34-15-5-2-6-16-34;1-2-10-22(11-3-1)33-29-21-20-28-25-14-6-9-17-32(25)43-37(28)35(29)41-38(40-33)42-31-16-8-5-13-24(31)27-19-18-26-23-12-4-7-15-30(23)39-34(26)36(27)42;1-2-10-22(11-3-1)33-29-21-20-28-25-14-6-9-17-32(25)43-37(28)34(29)40-38(39-33)41-30-15-7-4-12-23(30)26-18-19-27-24-13-5-8-16-31(24)42-36(27)35(26)41;1-2-4-6-5-3-1/h1-30H;1-21,39H;1-21H;1-6H. The lowest BCUT2D eigenvalue weighted by molar-refractivity contribution is 0.671. The third-order valence-electron chi connectivity index (χ3n) is 29.2. The number of nitrogens with zero attached hydrogens (tertiary/aromatic N) is 10. The number of hydrogen-bond donors (Lipinski definition) is 1. The number of benzene rings is 21. The average molecular weight is 1930 g/mol. The topological polar surface area (TPSA) is 126 Å². The van der Waals surface area contributed by atoms with Crippen LogP contribution in [-0.4, -0.2) is 53.2 Å². The second kappa shape index (κ2) is 33.9. The van der Waals surface area contributed by atoms with E-state index in [4.69, 9.17) is 34.3 Å². The molecule has 0 aliphatic rings. The molecule has 21 aromatic carbocycles. The molecule has 147 heavy (non-hydrogen) atoms. The second-order valence-electron chi connectivity index (χ2n) is 37.4. The normalized spacial score (nSPS) is 11.9. The van der Waals surface area contributed by atoms with Gasteiger partial charge in [0.2, 0.25) is 17.8 Å².